The monoisotopic (exact) mass is 253 g/mol. The molecule has 1 aliphatic carbocycles. The summed E-state index contributed by atoms with van der Waals surface area (Å²) in [5.41, 5.74) is 7.05. The average Bonchev–Trinajstić information content (AvgIpc) is 2.67. The molecule has 0 saturated heterocycles. The third kappa shape index (κ3) is 3.19. The number of thiazole rings is 1. The van der Waals surface area contributed by atoms with E-state index in [1.807, 2.05) is 0 Å². The number of nitrogens with one attached hydrogen (secondary N) is 1. The molecule has 0 aromatic carbocycles. The van der Waals surface area contributed by atoms with E-state index in [1.54, 1.807) is 11.3 Å². The van der Waals surface area contributed by atoms with Gasteiger partial charge in [0.05, 0.1) is 5.69 Å². The Kier molecular flexibility index (Phi) is 4.40. The maximum absolute atomic E-state index is 5.91. The standard InChI is InChI=1S/C13H23N3S/c1-9-10(2)17-13(15-9)16-12(8-14)11-6-4-3-5-7-11/h11-12H,3-8,14H2,1-2H3,(H,15,16). The van der Waals surface area contributed by atoms with E-state index in [1.165, 1.54) is 37.0 Å². The van der Waals surface area contributed by atoms with Crippen LogP contribution in [0.25, 0.3) is 0 Å². The Morgan fingerprint density at radius 2 is 2.06 bits per heavy atom. The van der Waals surface area contributed by atoms with Gasteiger partial charge >= 0.3 is 0 Å². The first-order valence-electron chi connectivity index (χ1n) is 6.61. The van der Waals surface area contributed by atoms with Crippen LogP contribution in [0.15, 0.2) is 0 Å². The largest absolute Gasteiger partial charge is 0.357 e. The average molecular weight is 253 g/mol. The molecule has 96 valence electrons. The summed E-state index contributed by atoms with van der Waals surface area (Å²) in [6.07, 6.45) is 6.75. The predicted molar refractivity (Wildman–Crippen MR) is 74.6 cm³/mol. The molecule has 1 aliphatic rings. The minimum absolute atomic E-state index is 0.403. The first-order valence-corrected chi connectivity index (χ1v) is 7.43. The van der Waals surface area contributed by atoms with Crippen molar-refractivity contribution in [2.45, 2.75) is 52.0 Å². The molecule has 1 heterocycles. The molecule has 1 fully saturated rings. The van der Waals surface area contributed by atoms with Crippen LogP contribution < -0.4 is 11.1 Å². The van der Waals surface area contributed by atoms with Crippen molar-refractivity contribution in [2.24, 2.45) is 11.7 Å². The molecular formula is C13H23N3S. The highest BCUT2D eigenvalue weighted by atomic mass is 32.1. The van der Waals surface area contributed by atoms with Crippen LogP contribution in [-0.4, -0.2) is 17.6 Å². The normalized spacial score (nSPS) is 19.2. The molecule has 0 spiro atoms. The van der Waals surface area contributed by atoms with Gasteiger partial charge < -0.3 is 11.1 Å². The van der Waals surface area contributed by atoms with Crippen molar-refractivity contribution in [3.05, 3.63) is 10.6 Å². The second-order valence-corrected chi connectivity index (χ2v) is 6.25. The van der Waals surface area contributed by atoms with E-state index in [9.17, 15) is 0 Å². The summed E-state index contributed by atoms with van der Waals surface area (Å²) in [6.45, 7) is 4.90. The number of hydrogen-bond donors (Lipinski definition) is 2. The molecule has 17 heavy (non-hydrogen) atoms. The van der Waals surface area contributed by atoms with Gasteiger partial charge in [0.25, 0.3) is 0 Å². The summed E-state index contributed by atoms with van der Waals surface area (Å²) in [7, 11) is 0. The van der Waals surface area contributed by atoms with Crippen molar-refractivity contribution in [2.75, 3.05) is 11.9 Å². The molecule has 1 unspecified atom stereocenters. The van der Waals surface area contributed by atoms with Crippen molar-refractivity contribution in [1.82, 2.24) is 4.98 Å². The quantitative estimate of drug-likeness (QED) is 0.867. The van der Waals surface area contributed by atoms with E-state index in [-0.39, 0.29) is 0 Å². The zero-order valence-corrected chi connectivity index (χ0v) is 11.6. The van der Waals surface area contributed by atoms with E-state index in [0.717, 1.165) is 16.7 Å². The zero-order valence-electron chi connectivity index (χ0n) is 10.8. The van der Waals surface area contributed by atoms with Gasteiger partial charge in [-0.2, -0.15) is 0 Å². The predicted octanol–water partition coefficient (Wildman–Crippen LogP) is 3.08. The van der Waals surface area contributed by atoms with Crippen molar-refractivity contribution >= 4 is 16.5 Å². The first-order chi connectivity index (χ1) is 8.20. The van der Waals surface area contributed by atoms with Gasteiger partial charge in [0.2, 0.25) is 0 Å². The Bertz CT molecular complexity index is 336. The maximum atomic E-state index is 5.91. The highest BCUT2D eigenvalue weighted by Gasteiger charge is 2.23. The van der Waals surface area contributed by atoms with Gasteiger partial charge in [-0.3, -0.25) is 0 Å². The fourth-order valence-electron chi connectivity index (χ4n) is 2.60. The van der Waals surface area contributed by atoms with Crippen LogP contribution >= 0.6 is 11.3 Å². The molecule has 1 atom stereocenters. The van der Waals surface area contributed by atoms with Gasteiger partial charge in [0.1, 0.15) is 0 Å². The number of hydrogen-bond acceptors (Lipinski definition) is 4. The van der Waals surface area contributed by atoms with Crippen molar-refractivity contribution in [3.63, 3.8) is 0 Å². The van der Waals surface area contributed by atoms with Crippen LogP contribution in [0, 0.1) is 19.8 Å². The molecular weight excluding hydrogens is 230 g/mol. The summed E-state index contributed by atoms with van der Waals surface area (Å²) in [5, 5.41) is 4.59. The van der Waals surface area contributed by atoms with E-state index < -0.39 is 0 Å². The minimum Gasteiger partial charge on any atom is -0.357 e. The number of nitrogens with zero attached hydrogens (tertiary/aromatic N) is 1. The Balaban J connectivity index is 1.98. The topological polar surface area (TPSA) is 50.9 Å². The van der Waals surface area contributed by atoms with Gasteiger partial charge in [0, 0.05) is 17.5 Å². The van der Waals surface area contributed by atoms with Gasteiger partial charge in [-0.15, -0.1) is 11.3 Å². The lowest BCUT2D eigenvalue weighted by Gasteiger charge is -2.29. The molecule has 0 bridgehead atoms. The third-order valence-corrected chi connectivity index (χ3v) is 4.81. The third-order valence-electron chi connectivity index (χ3n) is 3.81. The van der Waals surface area contributed by atoms with Crippen LogP contribution in [-0.2, 0) is 0 Å². The molecule has 0 amide bonds. The zero-order chi connectivity index (χ0) is 12.3. The lowest BCUT2D eigenvalue weighted by molar-refractivity contribution is 0.320. The number of nitrogens with two attached hydrogens (primary N) is 1. The molecule has 1 saturated carbocycles. The second kappa shape index (κ2) is 5.83. The molecule has 0 radical (unpaired) electrons. The van der Waals surface area contributed by atoms with E-state index in [2.05, 4.69) is 24.1 Å². The van der Waals surface area contributed by atoms with E-state index in [0.29, 0.717) is 12.6 Å². The summed E-state index contributed by atoms with van der Waals surface area (Å²) in [4.78, 5) is 5.84. The highest BCUT2D eigenvalue weighted by Crippen LogP contribution is 2.29. The van der Waals surface area contributed by atoms with Crippen LogP contribution in [0.2, 0.25) is 0 Å². The Labute approximate surface area is 108 Å². The smallest absolute Gasteiger partial charge is 0.183 e. The van der Waals surface area contributed by atoms with Gasteiger partial charge in [-0.05, 0) is 32.6 Å². The van der Waals surface area contributed by atoms with Gasteiger partial charge in [0.15, 0.2) is 5.13 Å². The van der Waals surface area contributed by atoms with Crippen LogP contribution in [0.3, 0.4) is 0 Å². The molecule has 3 N–H and O–H groups in total. The fourth-order valence-corrected chi connectivity index (χ4v) is 3.48. The molecule has 4 heteroatoms. The first kappa shape index (κ1) is 12.8. The maximum Gasteiger partial charge on any atom is 0.183 e. The van der Waals surface area contributed by atoms with Gasteiger partial charge in [-0.1, -0.05) is 19.3 Å². The lowest BCUT2D eigenvalue weighted by atomic mass is 9.84. The van der Waals surface area contributed by atoms with Crippen molar-refractivity contribution in [3.8, 4) is 0 Å². The van der Waals surface area contributed by atoms with Crippen LogP contribution in [0.4, 0.5) is 5.13 Å². The Morgan fingerprint density at radius 1 is 1.35 bits per heavy atom. The summed E-state index contributed by atoms with van der Waals surface area (Å²) in [5.74, 6) is 0.735. The van der Waals surface area contributed by atoms with Crippen molar-refractivity contribution < 1.29 is 0 Å². The van der Waals surface area contributed by atoms with E-state index >= 15 is 0 Å². The van der Waals surface area contributed by atoms with Crippen LogP contribution in [0.5, 0.6) is 0 Å². The molecule has 1 aromatic heterocycles. The Morgan fingerprint density at radius 3 is 2.59 bits per heavy atom. The van der Waals surface area contributed by atoms with E-state index in [4.69, 9.17) is 5.73 Å². The lowest BCUT2D eigenvalue weighted by Crippen LogP contribution is -2.37. The van der Waals surface area contributed by atoms with Crippen molar-refractivity contribution in [1.29, 1.82) is 0 Å². The molecule has 0 aliphatic heterocycles. The number of rotatable bonds is 4. The van der Waals surface area contributed by atoms with Crippen LogP contribution in [0.1, 0.15) is 42.7 Å². The molecule has 1 aromatic rings. The van der Waals surface area contributed by atoms with Gasteiger partial charge in [-0.25, -0.2) is 4.98 Å². The number of aromatic nitrogens is 1. The SMILES string of the molecule is Cc1nc(NC(CN)C2CCCCC2)sc1C. The summed E-state index contributed by atoms with van der Waals surface area (Å²) in [6, 6.07) is 0.403. The summed E-state index contributed by atoms with van der Waals surface area (Å²) >= 11 is 1.74. The summed E-state index contributed by atoms with van der Waals surface area (Å²) < 4.78 is 0. The fraction of sp³-hybridized carbons (Fsp3) is 0.769. The molecule has 2 rings (SSSR count). The second-order valence-electron chi connectivity index (χ2n) is 5.05. The minimum atomic E-state index is 0.403. The Hall–Kier alpha value is -0.610. The molecule has 3 nitrogen and oxygen atoms in total. The number of anilines is 1. The highest BCUT2D eigenvalue weighted by molar-refractivity contribution is 7.15. The number of aryl methyl sites for hydroxylation is 2.